The van der Waals surface area contributed by atoms with Gasteiger partial charge < -0.3 is 15.6 Å². The van der Waals surface area contributed by atoms with Crippen LogP contribution in [-0.2, 0) is 12.8 Å². The molecule has 3 N–H and O–H groups in total. The first kappa shape index (κ1) is 18.5. The molecule has 0 saturated carbocycles. The van der Waals surface area contributed by atoms with Crippen molar-refractivity contribution in [2.75, 3.05) is 5.73 Å². The van der Waals surface area contributed by atoms with Crippen LogP contribution in [0.3, 0.4) is 0 Å². The number of aromatic nitrogens is 2. The Balaban J connectivity index is 1.87. The number of ether oxygens (including phenoxy) is 1. The summed E-state index contributed by atoms with van der Waals surface area (Å²) in [7, 11) is 0. The monoisotopic (exact) mass is 375 g/mol. The van der Waals surface area contributed by atoms with E-state index in [0.717, 1.165) is 11.6 Å². The number of aryl methyl sites for hydroxylation is 1. The average molecular weight is 375 g/mol. The number of halogens is 3. The normalized spacial score (nSPS) is 11.4. The molecule has 2 aromatic carbocycles. The minimum absolute atomic E-state index is 0.0258. The number of aromatic hydroxyl groups is 1. The van der Waals surface area contributed by atoms with Crippen molar-refractivity contribution in [3.63, 3.8) is 0 Å². The van der Waals surface area contributed by atoms with E-state index < -0.39 is 17.5 Å². The predicted molar refractivity (Wildman–Crippen MR) is 94.1 cm³/mol. The van der Waals surface area contributed by atoms with Crippen LogP contribution in [0.2, 0.25) is 0 Å². The topological polar surface area (TPSA) is 81.3 Å². The lowest BCUT2D eigenvalue weighted by molar-refractivity contribution is -0.137. The minimum atomic E-state index is -4.55. The van der Waals surface area contributed by atoms with E-state index in [-0.39, 0.29) is 35.1 Å². The van der Waals surface area contributed by atoms with Gasteiger partial charge >= 0.3 is 6.18 Å². The van der Waals surface area contributed by atoms with Gasteiger partial charge in [-0.3, -0.25) is 0 Å². The van der Waals surface area contributed by atoms with Crippen LogP contribution in [0.4, 0.5) is 19.0 Å². The van der Waals surface area contributed by atoms with Crippen LogP contribution in [0.15, 0.2) is 48.7 Å². The number of nitrogens with zero attached hydrogens (tertiary/aromatic N) is 2. The molecule has 0 aliphatic carbocycles. The third-order valence-corrected chi connectivity index (χ3v) is 3.88. The molecule has 0 aliphatic heterocycles. The quantitative estimate of drug-likeness (QED) is 0.709. The summed E-state index contributed by atoms with van der Waals surface area (Å²) >= 11 is 0. The number of alkyl halides is 3. The molecule has 0 saturated heterocycles. The minimum Gasteiger partial charge on any atom is -0.507 e. The lowest BCUT2D eigenvalue weighted by Crippen LogP contribution is -2.06. The summed E-state index contributed by atoms with van der Waals surface area (Å²) < 4.78 is 44.1. The summed E-state index contributed by atoms with van der Waals surface area (Å²) in [6, 6.07) is 11.0. The van der Waals surface area contributed by atoms with Gasteiger partial charge in [0.05, 0.1) is 17.5 Å². The summed E-state index contributed by atoms with van der Waals surface area (Å²) in [6.45, 7) is 1.69. The highest BCUT2D eigenvalue weighted by atomic mass is 19.4. The number of rotatable bonds is 4. The van der Waals surface area contributed by atoms with Crippen LogP contribution in [0.1, 0.15) is 16.7 Å². The third-order valence-electron chi connectivity index (χ3n) is 3.88. The fraction of sp³-hybridized carbons (Fsp3) is 0.158. The number of nitrogens with two attached hydrogens (primary N) is 1. The van der Waals surface area contributed by atoms with Crippen LogP contribution in [-0.4, -0.2) is 15.1 Å². The van der Waals surface area contributed by atoms with Gasteiger partial charge in [-0.25, -0.2) is 9.97 Å². The molecular weight excluding hydrogens is 359 g/mol. The van der Waals surface area contributed by atoms with Crippen molar-refractivity contribution in [3.8, 4) is 22.9 Å². The Bertz CT molecular complexity index is 937. The van der Waals surface area contributed by atoms with Gasteiger partial charge in [-0.2, -0.15) is 13.2 Å². The van der Waals surface area contributed by atoms with E-state index in [0.29, 0.717) is 6.07 Å². The Hall–Kier alpha value is -3.29. The van der Waals surface area contributed by atoms with Crippen LogP contribution in [0.25, 0.3) is 11.3 Å². The number of phenols is 1. The maximum Gasteiger partial charge on any atom is 0.416 e. The van der Waals surface area contributed by atoms with Crippen molar-refractivity contribution in [2.45, 2.75) is 19.7 Å². The van der Waals surface area contributed by atoms with Gasteiger partial charge in [0.25, 0.3) is 5.88 Å². The zero-order chi connectivity index (χ0) is 19.6. The van der Waals surface area contributed by atoms with Gasteiger partial charge in [-0.15, -0.1) is 0 Å². The number of benzene rings is 2. The maximum absolute atomic E-state index is 12.8. The van der Waals surface area contributed by atoms with E-state index in [1.165, 1.54) is 13.1 Å². The van der Waals surface area contributed by atoms with Gasteiger partial charge in [-0.05, 0) is 30.2 Å². The second kappa shape index (κ2) is 7.14. The molecule has 0 bridgehead atoms. The maximum atomic E-state index is 12.8. The van der Waals surface area contributed by atoms with E-state index >= 15 is 0 Å². The summed E-state index contributed by atoms with van der Waals surface area (Å²) in [6.07, 6.45) is -3.26. The van der Waals surface area contributed by atoms with Crippen molar-refractivity contribution >= 4 is 5.82 Å². The molecule has 0 atom stereocenters. The SMILES string of the molecule is Cc1cc(C(F)(F)F)cc(O)c1-c1cnc(OCc2ccccc2)c(N)n1. The zero-order valence-electron chi connectivity index (χ0n) is 14.3. The van der Waals surface area contributed by atoms with E-state index in [1.54, 1.807) is 0 Å². The fourth-order valence-electron chi connectivity index (χ4n) is 2.62. The molecule has 5 nitrogen and oxygen atoms in total. The molecule has 3 rings (SSSR count). The molecule has 0 radical (unpaired) electrons. The van der Waals surface area contributed by atoms with Crippen molar-refractivity contribution in [1.82, 2.24) is 9.97 Å². The number of hydrogen-bond acceptors (Lipinski definition) is 5. The van der Waals surface area contributed by atoms with Gasteiger partial charge in [0.1, 0.15) is 12.4 Å². The van der Waals surface area contributed by atoms with Crippen molar-refractivity contribution in [2.24, 2.45) is 0 Å². The molecule has 1 aromatic heterocycles. The molecule has 1 heterocycles. The van der Waals surface area contributed by atoms with Gasteiger partial charge in [0, 0.05) is 5.56 Å². The summed E-state index contributed by atoms with van der Waals surface area (Å²) in [5.41, 5.74) is 6.33. The predicted octanol–water partition coefficient (Wildman–Crippen LogP) is 4.34. The van der Waals surface area contributed by atoms with Gasteiger partial charge in [0.2, 0.25) is 0 Å². The highest BCUT2D eigenvalue weighted by molar-refractivity contribution is 5.72. The van der Waals surface area contributed by atoms with E-state index in [9.17, 15) is 18.3 Å². The van der Waals surface area contributed by atoms with Gasteiger partial charge in [-0.1, -0.05) is 30.3 Å². The molecule has 0 unspecified atom stereocenters. The van der Waals surface area contributed by atoms with Crippen LogP contribution in [0, 0.1) is 6.92 Å². The Labute approximate surface area is 153 Å². The lowest BCUT2D eigenvalue weighted by Gasteiger charge is -2.14. The molecule has 0 spiro atoms. The van der Waals surface area contributed by atoms with Gasteiger partial charge in [0.15, 0.2) is 5.82 Å². The van der Waals surface area contributed by atoms with Crippen LogP contribution >= 0.6 is 0 Å². The van der Waals surface area contributed by atoms with E-state index in [2.05, 4.69) is 9.97 Å². The Kier molecular flexibility index (Phi) is 4.89. The molecule has 3 aromatic rings. The molecule has 0 fully saturated rings. The first-order valence-corrected chi connectivity index (χ1v) is 7.96. The summed E-state index contributed by atoms with van der Waals surface area (Å²) in [4.78, 5) is 8.20. The van der Waals surface area contributed by atoms with E-state index in [4.69, 9.17) is 10.5 Å². The Morgan fingerprint density at radius 2 is 1.85 bits per heavy atom. The Morgan fingerprint density at radius 1 is 1.15 bits per heavy atom. The molecular formula is C19H16F3N3O2. The van der Waals surface area contributed by atoms with Crippen molar-refractivity contribution in [3.05, 3.63) is 65.4 Å². The standard InChI is InChI=1S/C19H16F3N3O2/c1-11-7-13(19(20,21)22)8-15(26)16(11)14-9-24-18(17(23)25-14)27-10-12-5-3-2-4-6-12/h2-9,26H,10H2,1H3,(H2,23,25). The molecule has 0 aliphatic rings. The molecule has 0 amide bonds. The first-order chi connectivity index (χ1) is 12.8. The highest BCUT2D eigenvalue weighted by Crippen LogP contribution is 2.38. The Morgan fingerprint density at radius 3 is 2.44 bits per heavy atom. The smallest absolute Gasteiger partial charge is 0.416 e. The van der Waals surface area contributed by atoms with E-state index in [1.807, 2.05) is 30.3 Å². The average Bonchev–Trinajstić information content (AvgIpc) is 2.60. The van der Waals surface area contributed by atoms with Crippen molar-refractivity contribution < 1.29 is 23.0 Å². The van der Waals surface area contributed by atoms with Crippen LogP contribution in [0.5, 0.6) is 11.6 Å². The summed E-state index contributed by atoms with van der Waals surface area (Å²) in [5.74, 6) is -0.470. The number of phenolic OH excluding ortho intramolecular Hbond substituents is 1. The number of anilines is 1. The lowest BCUT2D eigenvalue weighted by atomic mass is 10.0. The second-order valence-corrected chi connectivity index (χ2v) is 5.90. The molecule has 140 valence electrons. The molecule has 8 heteroatoms. The van der Waals surface area contributed by atoms with Crippen LogP contribution < -0.4 is 10.5 Å². The second-order valence-electron chi connectivity index (χ2n) is 5.90. The first-order valence-electron chi connectivity index (χ1n) is 7.96. The largest absolute Gasteiger partial charge is 0.507 e. The van der Waals surface area contributed by atoms with Crippen molar-refractivity contribution in [1.29, 1.82) is 0 Å². The molecule has 27 heavy (non-hydrogen) atoms. The number of hydrogen-bond donors (Lipinski definition) is 2. The number of nitrogen functional groups attached to an aromatic ring is 1. The highest BCUT2D eigenvalue weighted by Gasteiger charge is 2.32. The third kappa shape index (κ3) is 4.11. The zero-order valence-corrected chi connectivity index (χ0v) is 14.3. The fourth-order valence-corrected chi connectivity index (χ4v) is 2.62. The summed E-state index contributed by atoms with van der Waals surface area (Å²) in [5, 5.41) is 10.1.